The molecule has 0 aliphatic rings. The van der Waals surface area contributed by atoms with Crippen molar-refractivity contribution in [3.63, 3.8) is 0 Å². The van der Waals surface area contributed by atoms with Crippen LogP contribution in [0.25, 0.3) is 0 Å². The molecule has 2 aromatic carbocycles. The molecule has 28 heavy (non-hydrogen) atoms. The first-order valence-corrected chi connectivity index (χ1v) is 9.13. The number of thiocarbonyl (C=S) groups is 1. The van der Waals surface area contributed by atoms with Gasteiger partial charge in [0.25, 0.3) is 11.8 Å². The number of anilines is 1. The molecule has 0 aromatic heterocycles. The van der Waals surface area contributed by atoms with E-state index in [0.717, 1.165) is 0 Å². The molecule has 0 radical (unpaired) electrons. The number of rotatable bonds is 4. The fourth-order valence-corrected chi connectivity index (χ4v) is 2.39. The van der Waals surface area contributed by atoms with Crippen LogP contribution in [0.2, 0.25) is 5.02 Å². The van der Waals surface area contributed by atoms with E-state index in [1.54, 1.807) is 62.4 Å². The summed E-state index contributed by atoms with van der Waals surface area (Å²) in [6.07, 6.45) is 0. The topological polar surface area (TPSA) is 99.3 Å². The minimum atomic E-state index is -0.498. The number of hydrogen-bond acceptors (Lipinski definition) is 4. The maximum absolute atomic E-state index is 12.1. The second kappa shape index (κ2) is 9.82. The van der Waals surface area contributed by atoms with E-state index in [1.165, 1.54) is 0 Å². The van der Waals surface area contributed by atoms with E-state index < -0.39 is 11.8 Å². The van der Waals surface area contributed by atoms with Crippen LogP contribution in [0, 0.1) is 5.92 Å². The molecular weight excluding hydrogens is 400 g/mol. The van der Waals surface area contributed by atoms with Gasteiger partial charge in [0.15, 0.2) is 5.11 Å². The van der Waals surface area contributed by atoms with E-state index in [9.17, 15) is 14.4 Å². The molecule has 0 saturated heterocycles. The lowest BCUT2D eigenvalue weighted by molar-refractivity contribution is -0.118. The van der Waals surface area contributed by atoms with Crippen LogP contribution in [0.1, 0.15) is 34.6 Å². The lowest BCUT2D eigenvalue weighted by Gasteiger charge is -2.12. The fraction of sp³-hybridized carbons (Fsp3) is 0.158. The molecular formula is C19H19ClN4O3S. The average Bonchev–Trinajstić information content (AvgIpc) is 2.66. The number of carbonyl (C=O) groups is 3. The number of carbonyl (C=O) groups excluding carboxylic acids is 3. The molecule has 7 nitrogen and oxygen atoms in total. The molecule has 0 spiro atoms. The van der Waals surface area contributed by atoms with Crippen LogP contribution >= 0.6 is 23.8 Å². The minimum absolute atomic E-state index is 0.0842. The van der Waals surface area contributed by atoms with Gasteiger partial charge in [0.2, 0.25) is 5.91 Å². The third-order valence-electron chi connectivity index (χ3n) is 3.57. The molecule has 0 unspecified atom stereocenters. The summed E-state index contributed by atoms with van der Waals surface area (Å²) in [5.41, 5.74) is 6.03. The molecule has 146 valence electrons. The van der Waals surface area contributed by atoms with Gasteiger partial charge in [0, 0.05) is 17.2 Å². The van der Waals surface area contributed by atoms with Gasteiger partial charge in [-0.15, -0.1) is 0 Å². The Bertz CT molecular complexity index is 900. The van der Waals surface area contributed by atoms with Gasteiger partial charge in [0.05, 0.1) is 10.6 Å². The maximum atomic E-state index is 12.1. The van der Waals surface area contributed by atoms with Crippen molar-refractivity contribution in [1.29, 1.82) is 0 Å². The molecule has 4 N–H and O–H groups in total. The highest BCUT2D eigenvalue weighted by atomic mass is 35.5. The summed E-state index contributed by atoms with van der Waals surface area (Å²) >= 11 is 10.9. The predicted octanol–water partition coefficient (Wildman–Crippen LogP) is 2.88. The average molecular weight is 419 g/mol. The molecule has 2 rings (SSSR count). The third kappa shape index (κ3) is 6.04. The normalized spacial score (nSPS) is 10.1. The Morgan fingerprint density at radius 3 is 2.18 bits per heavy atom. The van der Waals surface area contributed by atoms with Crippen LogP contribution in [0.15, 0.2) is 48.5 Å². The zero-order valence-electron chi connectivity index (χ0n) is 15.2. The van der Waals surface area contributed by atoms with Crippen molar-refractivity contribution in [1.82, 2.24) is 16.2 Å². The standard InChI is InChI=1S/C19H19ClN4O3S/c1-11(2)16(25)21-13-9-7-12(8-10-13)17(26)23-24-19(28)22-18(27)14-5-3-4-6-15(14)20/h3-11H,1-2H3,(H,21,25)(H,23,26)(H2,22,24,27,28). The van der Waals surface area contributed by atoms with Crippen LogP contribution in [0.5, 0.6) is 0 Å². The summed E-state index contributed by atoms with van der Waals surface area (Å²) in [5.74, 6) is -1.22. The Kier molecular flexibility index (Phi) is 7.48. The predicted molar refractivity (Wildman–Crippen MR) is 112 cm³/mol. The summed E-state index contributed by atoms with van der Waals surface area (Å²) in [6, 6.07) is 12.9. The van der Waals surface area contributed by atoms with Crippen molar-refractivity contribution in [3.8, 4) is 0 Å². The number of benzene rings is 2. The molecule has 0 heterocycles. The fourth-order valence-electron chi connectivity index (χ4n) is 2.02. The Hall–Kier alpha value is -2.97. The van der Waals surface area contributed by atoms with Crippen molar-refractivity contribution < 1.29 is 14.4 Å². The summed E-state index contributed by atoms with van der Waals surface area (Å²) in [4.78, 5) is 35.9. The Morgan fingerprint density at radius 1 is 0.929 bits per heavy atom. The molecule has 0 saturated carbocycles. The van der Waals surface area contributed by atoms with Gasteiger partial charge >= 0.3 is 0 Å². The van der Waals surface area contributed by atoms with Gasteiger partial charge in [0.1, 0.15) is 0 Å². The first-order chi connectivity index (χ1) is 13.3. The molecule has 2 aromatic rings. The van der Waals surface area contributed by atoms with Crippen LogP contribution < -0.4 is 21.5 Å². The lowest BCUT2D eigenvalue weighted by atomic mass is 10.1. The minimum Gasteiger partial charge on any atom is -0.326 e. The molecule has 0 fully saturated rings. The molecule has 9 heteroatoms. The number of halogens is 1. The first-order valence-electron chi connectivity index (χ1n) is 8.35. The first kappa shape index (κ1) is 21.3. The quantitative estimate of drug-likeness (QED) is 0.452. The Balaban J connectivity index is 1.86. The van der Waals surface area contributed by atoms with Crippen LogP contribution in [0.3, 0.4) is 0 Å². The van der Waals surface area contributed by atoms with Crippen molar-refractivity contribution in [3.05, 3.63) is 64.7 Å². The summed E-state index contributed by atoms with van der Waals surface area (Å²) in [7, 11) is 0. The van der Waals surface area contributed by atoms with Crippen LogP contribution in [-0.2, 0) is 4.79 Å². The largest absolute Gasteiger partial charge is 0.326 e. The maximum Gasteiger partial charge on any atom is 0.269 e. The van der Waals surface area contributed by atoms with E-state index >= 15 is 0 Å². The van der Waals surface area contributed by atoms with Gasteiger partial charge in [-0.1, -0.05) is 37.6 Å². The smallest absolute Gasteiger partial charge is 0.269 e. The van der Waals surface area contributed by atoms with Crippen LogP contribution in [-0.4, -0.2) is 22.8 Å². The summed E-state index contributed by atoms with van der Waals surface area (Å²) in [5, 5.41) is 5.36. The van der Waals surface area contributed by atoms with Crippen LogP contribution in [0.4, 0.5) is 5.69 Å². The molecule has 0 bridgehead atoms. The molecule has 0 aliphatic heterocycles. The number of nitrogens with one attached hydrogen (secondary N) is 4. The highest BCUT2D eigenvalue weighted by molar-refractivity contribution is 7.80. The Morgan fingerprint density at radius 2 is 1.57 bits per heavy atom. The number of amides is 3. The van der Waals surface area contributed by atoms with E-state index in [-0.39, 0.29) is 27.5 Å². The van der Waals surface area contributed by atoms with E-state index in [1.807, 2.05) is 0 Å². The summed E-state index contributed by atoms with van der Waals surface area (Å²) < 4.78 is 0. The van der Waals surface area contributed by atoms with Gasteiger partial charge in [-0.2, -0.15) is 0 Å². The lowest BCUT2D eigenvalue weighted by Crippen LogP contribution is -2.48. The second-order valence-corrected chi connectivity index (χ2v) is 6.88. The zero-order chi connectivity index (χ0) is 20.7. The van der Waals surface area contributed by atoms with Crippen molar-refractivity contribution in [2.24, 2.45) is 5.92 Å². The Labute approximate surface area is 172 Å². The molecule has 0 atom stereocenters. The number of hydrogen-bond donors (Lipinski definition) is 4. The van der Waals surface area contributed by atoms with Crippen molar-refractivity contribution >= 4 is 52.3 Å². The van der Waals surface area contributed by atoms with Gasteiger partial charge < -0.3 is 5.32 Å². The number of hydrazine groups is 1. The van der Waals surface area contributed by atoms with Crippen molar-refractivity contribution in [2.45, 2.75) is 13.8 Å². The van der Waals surface area contributed by atoms with Gasteiger partial charge in [-0.25, -0.2) is 0 Å². The zero-order valence-corrected chi connectivity index (χ0v) is 16.8. The molecule has 3 amide bonds. The molecule has 0 aliphatic carbocycles. The van der Waals surface area contributed by atoms with Crippen molar-refractivity contribution in [2.75, 3.05) is 5.32 Å². The van der Waals surface area contributed by atoms with Gasteiger partial charge in [-0.05, 0) is 48.6 Å². The SMILES string of the molecule is CC(C)C(=O)Nc1ccc(C(=O)NNC(=S)NC(=O)c2ccccc2Cl)cc1. The van der Waals surface area contributed by atoms with E-state index in [2.05, 4.69) is 21.5 Å². The monoisotopic (exact) mass is 418 g/mol. The second-order valence-electron chi connectivity index (χ2n) is 6.06. The third-order valence-corrected chi connectivity index (χ3v) is 4.11. The van der Waals surface area contributed by atoms with E-state index in [0.29, 0.717) is 11.3 Å². The van der Waals surface area contributed by atoms with Gasteiger partial charge in [-0.3, -0.25) is 30.6 Å². The summed E-state index contributed by atoms with van der Waals surface area (Å²) in [6.45, 7) is 3.58. The highest BCUT2D eigenvalue weighted by Crippen LogP contribution is 2.14. The highest BCUT2D eigenvalue weighted by Gasteiger charge is 2.12. The van der Waals surface area contributed by atoms with E-state index in [4.69, 9.17) is 23.8 Å².